The molecule has 0 fully saturated rings. The number of hydrogen-bond acceptors (Lipinski definition) is 3. The van der Waals surface area contributed by atoms with Crippen LogP contribution in [0.5, 0.6) is 0 Å². The first kappa shape index (κ1) is 14.7. The summed E-state index contributed by atoms with van der Waals surface area (Å²) in [5.74, 6) is -1.75. The molecule has 0 saturated heterocycles. The van der Waals surface area contributed by atoms with Crippen LogP contribution in [0.1, 0.15) is 40.5 Å². The maximum atomic E-state index is 11.3. The van der Waals surface area contributed by atoms with Crippen LogP contribution in [0.3, 0.4) is 0 Å². The number of rotatable bonds is 5. The minimum Gasteiger partial charge on any atom is -0.478 e. The van der Waals surface area contributed by atoms with Crippen molar-refractivity contribution in [2.75, 3.05) is 0 Å². The Morgan fingerprint density at radius 3 is 2.25 bits per heavy atom. The van der Waals surface area contributed by atoms with E-state index in [0.717, 1.165) is 25.0 Å². The number of carboxylic acid groups (broad SMARTS) is 1. The molecular formula is C12H20O4. The van der Waals surface area contributed by atoms with Gasteiger partial charge in [-0.2, -0.15) is 0 Å². The summed E-state index contributed by atoms with van der Waals surface area (Å²) in [5.41, 5.74) is -0.136. The van der Waals surface area contributed by atoms with Crippen molar-refractivity contribution in [3.63, 3.8) is 0 Å². The predicted octanol–water partition coefficient (Wildman–Crippen LogP) is 2.39. The van der Waals surface area contributed by atoms with Crippen molar-refractivity contribution in [3.05, 3.63) is 12.2 Å². The van der Waals surface area contributed by atoms with Gasteiger partial charge in [0.1, 0.15) is 6.10 Å². The van der Waals surface area contributed by atoms with Crippen LogP contribution in [0, 0.1) is 5.41 Å². The van der Waals surface area contributed by atoms with E-state index in [-0.39, 0.29) is 11.5 Å². The molecule has 0 aliphatic rings. The van der Waals surface area contributed by atoms with Gasteiger partial charge >= 0.3 is 11.9 Å². The zero-order chi connectivity index (χ0) is 12.8. The van der Waals surface area contributed by atoms with Crippen LogP contribution in [-0.2, 0) is 14.3 Å². The Kier molecular flexibility index (Phi) is 5.78. The number of esters is 1. The fourth-order valence-electron chi connectivity index (χ4n) is 1.25. The third kappa shape index (κ3) is 6.22. The molecule has 0 aromatic carbocycles. The van der Waals surface area contributed by atoms with Gasteiger partial charge in [-0.3, -0.25) is 0 Å². The molecule has 0 aromatic heterocycles. The van der Waals surface area contributed by atoms with Crippen molar-refractivity contribution >= 4 is 11.9 Å². The average molecular weight is 228 g/mol. The Morgan fingerprint density at radius 2 is 1.88 bits per heavy atom. The van der Waals surface area contributed by atoms with Crippen LogP contribution in [0.25, 0.3) is 0 Å². The number of aliphatic carboxylic acids is 1. The molecule has 92 valence electrons. The Morgan fingerprint density at radius 1 is 1.31 bits per heavy atom. The van der Waals surface area contributed by atoms with E-state index in [1.807, 2.05) is 27.7 Å². The van der Waals surface area contributed by atoms with Crippen LogP contribution in [0.2, 0.25) is 0 Å². The highest BCUT2D eigenvalue weighted by molar-refractivity contribution is 5.90. The van der Waals surface area contributed by atoms with E-state index in [4.69, 9.17) is 9.84 Å². The lowest BCUT2D eigenvalue weighted by Crippen LogP contribution is -2.31. The topological polar surface area (TPSA) is 63.6 Å². The second kappa shape index (κ2) is 6.30. The summed E-state index contributed by atoms with van der Waals surface area (Å²) in [6, 6.07) is 0. The lowest BCUT2D eigenvalue weighted by Gasteiger charge is -2.29. The number of carboxylic acids is 1. The van der Waals surface area contributed by atoms with Gasteiger partial charge in [0.2, 0.25) is 0 Å². The van der Waals surface area contributed by atoms with Crippen molar-refractivity contribution in [2.45, 2.75) is 46.6 Å². The summed E-state index contributed by atoms with van der Waals surface area (Å²) >= 11 is 0. The van der Waals surface area contributed by atoms with E-state index in [0.29, 0.717) is 0 Å². The van der Waals surface area contributed by atoms with E-state index in [2.05, 4.69) is 0 Å². The van der Waals surface area contributed by atoms with Crippen molar-refractivity contribution in [1.29, 1.82) is 0 Å². The summed E-state index contributed by atoms with van der Waals surface area (Å²) in [5, 5.41) is 8.37. The molecule has 0 aliphatic heterocycles. The molecule has 0 saturated carbocycles. The second-order valence-electron chi connectivity index (χ2n) is 4.75. The molecule has 0 radical (unpaired) electrons. The molecule has 4 nitrogen and oxygen atoms in total. The lowest BCUT2D eigenvalue weighted by molar-refractivity contribution is -0.149. The van der Waals surface area contributed by atoms with Gasteiger partial charge in [0.15, 0.2) is 0 Å². The third-order valence-corrected chi connectivity index (χ3v) is 2.14. The SMILES string of the molecule is CCCC(OC(=O)/C=C/C(=O)O)C(C)(C)C. The zero-order valence-electron chi connectivity index (χ0n) is 10.3. The largest absolute Gasteiger partial charge is 0.478 e. The molecule has 4 heteroatoms. The van der Waals surface area contributed by atoms with Gasteiger partial charge in [-0.05, 0) is 11.8 Å². The van der Waals surface area contributed by atoms with Crippen molar-refractivity contribution in [2.24, 2.45) is 5.41 Å². The summed E-state index contributed by atoms with van der Waals surface area (Å²) < 4.78 is 5.22. The number of carbonyl (C=O) groups excluding carboxylic acids is 1. The number of ether oxygens (including phenoxy) is 1. The minimum atomic E-state index is -1.15. The maximum Gasteiger partial charge on any atom is 0.331 e. The van der Waals surface area contributed by atoms with Gasteiger partial charge in [-0.1, -0.05) is 34.1 Å². The molecule has 0 amide bonds. The van der Waals surface area contributed by atoms with E-state index in [1.54, 1.807) is 0 Å². The lowest BCUT2D eigenvalue weighted by atomic mass is 9.86. The molecule has 1 atom stereocenters. The van der Waals surface area contributed by atoms with Crippen molar-refractivity contribution in [3.8, 4) is 0 Å². The van der Waals surface area contributed by atoms with Gasteiger partial charge < -0.3 is 9.84 Å². The number of hydrogen-bond donors (Lipinski definition) is 1. The molecule has 0 spiro atoms. The second-order valence-corrected chi connectivity index (χ2v) is 4.75. The van der Waals surface area contributed by atoms with Crippen LogP contribution in [0.4, 0.5) is 0 Å². The molecule has 0 rings (SSSR count). The predicted molar refractivity (Wildman–Crippen MR) is 61.0 cm³/mol. The molecule has 1 N–H and O–H groups in total. The Hall–Kier alpha value is -1.32. The van der Waals surface area contributed by atoms with Gasteiger partial charge in [0.25, 0.3) is 0 Å². The van der Waals surface area contributed by atoms with E-state index in [1.165, 1.54) is 0 Å². The Labute approximate surface area is 96.3 Å². The first-order valence-electron chi connectivity index (χ1n) is 5.39. The quantitative estimate of drug-likeness (QED) is 0.579. The van der Waals surface area contributed by atoms with Crippen LogP contribution in [-0.4, -0.2) is 23.1 Å². The fourth-order valence-corrected chi connectivity index (χ4v) is 1.25. The smallest absolute Gasteiger partial charge is 0.331 e. The van der Waals surface area contributed by atoms with Crippen LogP contribution in [0.15, 0.2) is 12.2 Å². The maximum absolute atomic E-state index is 11.3. The molecule has 16 heavy (non-hydrogen) atoms. The first-order valence-corrected chi connectivity index (χ1v) is 5.39. The summed E-state index contributed by atoms with van der Waals surface area (Å²) in [7, 11) is 0. The summed E-state index contributed by atoms with van der Waals surface area (Å²) in [4.78, 5) is 21.5. The van der Waals surface area contributed by atoms with Crippen molar-refractivity contribution in [1.82, 2.24) is 0 Å². The normalized spacial score (nSPS) is 13.8. The highest BCUT2D eigenvalue weighted by Crippen LogP contribution is 2.26. The first-order chi connectivity index (χ1) is 7.27. The van der Waals surface area contributed by atoms with E-state index < -0.39 is 11.9 Å². The van der Waals surface area contributed by atoms with Gasteiger partial charge in [-0.25, -0.2) is 9.59 Å². The van der Waals surface area contributed by atoms with E-state index in [9.17, 15) is 9.59 Å². The molecule has 0 aromatic rings. The monoisotopic (exact) mass is 228 g/mol. The molecule has 0 aliphatic carbocycles. The van der Waals surface area contributed by atoms with E-state index >= 15 is 0 Å². The zero-order valence-corrected chi connectivity index (χ0v) is 10.3. The molecule has 0 heterocycles. The third-order valence-electron chi connectivity index (χ3n) is 2.14. The van der Waals surface area contributed by atoms with Crippen molar-refractivity contribution < 1.29 is 19.4 Å². The number of carbonyl (C=O) groups is 2. The minimum absolute atomic E-state index is 0.136. The molecule has 1 unspecified atom stereocenters. The van der Waals surface area contributed by atoms with Crippen LogP contribution < -0.4 is 0 Å². The van der Waals surface area contributed by atoms with Crippen LogP contribution >= 0.6 is 0 Å². The fraction of sp³-hybridized carbons (Fsp3) is 0.667. The summed E-state index contributed by atoms with van der Waals surface area (Å²) in [6.45, 7) is 7.98. The highest BCUT2D eigenvalue weighted by Gasteiger charge is 2.26. The summed E-state index contributed by atoms with van der Waals surface area (Å²) in [6.07, 6.45) is 3.22. The molecule has 0 bridgehead atoms. The standard InChI is InChI=1S/C12H20O4/c1-5-6-9(12(2,3)4)16-11(15)8-7-10(13)14/h7-9H,5-6H2,1-4H3,(H,13,14)/b8-7+. The highest BCUT2D eigenvalue weighted by atomic mass is 16.5. The molecular weight excluding hydrogens is 208 g/mol. The van der Waals surface area contributed by atoms with Gasteiger partial charge in [-0.15, -0.1) is 0 Å². The van der Waals surface area contributed by atoms with Gasteiger partial charge in [0, 0.05) is 12.2 Å². The van der Waals surface area contributed by atoms with Gasteiger partial charge in [0.05, 0.1) is 0 Å². The Bertz CT molecular complexity index is 273. The average Bonchev–Trinajstić information content (AvgIpc) is 2.12. The Balaban J connectivity index is 4.41.